The average Bonchev–Trinajstić information content (AvgIpc) is 2.64. The van der Waals surface area contributed by atoms with Gasteiger partial charge in [0.15, 0.2) is 6.73 Å². The van der Waals surface area contributed by atoms with Gasteiger partial charge in [0.25, 0.3) is 0 Å². The molecule has 0 fully saturated rings. The number of nitrogens with one attached hydrogen (secondary N) is 2. The van der Waals surface area contributed by atoms with Crippen molar-refractivity contribution in [1.82, 2.24) is 10.3 Å². The van der Waals surface area contributed by atoms with Gasteiger partial charge in [0.05, 0.1) is 5.70 Å². The molecule has 0 spiro atoms. The summed E-state index contributed by atoms with van der Waals surface area (Å²) in [6.07, 6.45) is 5.23. The van der Waals surface area contributed by atoms with Crippen LogP contribution in [0, 0.1) is 0 Å². The van der Waals surface area contributed by atoms with Gasteiger partial charge in [-0.05, 0) is 38.1 Å². The van der Waals surface area contributed by atoms with Gasteiger partial charge in [-0.3, -0.25) is 4.98 Å². The zero-order chi connectivity index (χ0) is 17.2. The van der Waals surface area contributed by atoms with Crippen molar-refractivity contribution < 1.29 is 4.74 Å². The van der Waals surface area contributed by atoms with Gasteiger partial charge in [-0.15, -0.1) is 0 Å². The van der Waals surface area contributed by atoms with Crippen LogP contribution in [0.4, 0.5) is 11.4 Å². The van der Waals surface area contributed by atoms with Crippen LogP contribution in [0.3, 0.4) is 0 Å². The maximum atomic E-state index is 5.60. The Morgan fingerprint density at radius 3 is 2.33 bits per heavy atom. The first-order valence-corrected chi connectivity index (χ1v) is 8.27. The van der Waals surface area contributed by atoms with Crippen LogP contribution in [-0.4, -0.2) is 31.9 Å². The molecule has 0 unspecified atom stereocenters. The summed E-state index contributed by atoms with van der Waals surface area (Å²) in [6, 6.07) is 12.3. The van der Waals surface area contributed by atoms with Crippen LogP contribution < -0.4 is 15.5 Å². The van der Waals surface area contributed by atoms with E-state index in [4.69, 9.17) is 4.74 Å². The second kappa shape index (κ2) is 9.45. The zero-order valence-electron chi connectivity index (χ0n) is 14.6. The van der Waals surface area contributed by atoms with Crippen molar-refractivity contribution in [2.24, 2.45) is 0 Å². The van der Waals surface area contributed by atoms with Crippen molar-refractivity contribution in [3.05, 3.63) is 60.6 Å². The first-order chi connectivity index (χ1) is 11.8. The number of hydrogen-bond donors (Lipinski definition) is 2. The summed E-state index contributed by atoms with van der Waals surface area (Å²) in [5, 5.41) is 6.35. The molecule has 0 aliphatic carbocycles. The van der Waals surface area contributed by atoms with E-state index in [1.54, 1.807) is 18.7 Å². The molecule has 1 heterocycles. The Kier molecular flexibility index (Phi) is 6.95. The maximum absolute atomic E-state index is 5.60. The molecular formula is C19H26N4O. The minimum atomic E-state index is 0.396. The van der Waals surface area contributed by atoms with E-state index in [-0.39, 0.29) is 0 Å². The minimum Gasteiger partial charge on any atom is -0.479 e. The molecular weight excluding hydrogens is 300 g/mol. The first kappa shape index (κ1) is 17.7. The lowest BCUT2D eigenvalue weighted by molar-refractivity contribution is 0.276. The number of rotatable bonds is 9. The average molecular weight is 326 g/mol. The van der Waals surface area contributed by atoms with Gasteiger partial charge in [-0.1, -0.05) is 12.1 Å². The predicted octanol–water partition coefficient (Wildman–Crippen LogP) is 3.53. The molecule has 0 saturated heterocycles. The van der Waals surface area contributed by atoms with E-state index < -0.39 is 0 Å². The Bertz CT molecular complexity index is 622. The van der Waals surface area contributed by atoms with Crippen LogP contribution in [0.15, 0.2) is 55.1 Å². The third kappa shape index (κ3) is 4.91. The molecule has 0 bridgehead atoms. The summed E-state index contributed by atoms with van der Waals surface area (Å²) in [5.41, 5.74) is 4.25. The van der Waals surface area contributed by atoms with E-state index in [9.17, 15) is 0 Å². The fourth-order valence-corrected chi connectivity index (χ4v) is 2.43. The maximum Gasteiger partial charge on any atom is 0.158 e. The standard InChI is InChI=1S/C19H26N4O/c1-4-23(5-2)18-8-6-16(7-9-18)19(20-3)14-24-15-22-17-10-12-21-13-11-17/h6-14,20H,4-5,15H2,1-3H3,(H,21,22)/b19-14-. The number of aromatic nitrogens is 1. The van der Waals surface area contributed by atoms with E-state index in [0.29, 0.717) is 6.73 Å². The molecule has 0 amide bonds. The van der Waals surface area contributed by atoms with E-state index >= 15 is 0 Å². The van der Waals surface area contributed by atoms with Crippen LogP contribution in [0.1, 0.15) is 19.4 Å². The van der Waals surface area contributed by atoms with Crippen molar-refractivity contribution in [3.8, 4) is 0 Å². The molecule has 0 aliphatic rings. The van der Waals surface area contributed by atoms with Gasteiger partial charge >= 0.3 is 0 Å². The van der Waals surface area contributed by atoms with Crippen LogP contribution in [0.5, 0.6) is 0 Å². The predicted molar refractivity (Wildman–Crippen MR) is 101 cm³/mol. The lowest BCUT2D eigenvalue weighted by Crippen LogP contribution is -2.21. The van der Waals surface area contributed by atoms with Crippen LogP contribution >= 0.6 is 0 Å². The highest BCUT2D eigenvalue weighted by Crippen LogP contribution is 2.18. The van der Waals surface area contributed by atoms with Crippen molar-refractivity contribution in [3.63, 3.8) is 0 Å². The van der Waals surface area contributed by atoms with Crippen molar-refractivity contribution >= 4 is 17.1 Å². The Morgan fingerprint density at radius 1 is 1.08 bits per heavy atom. The highest BCUT2D eigenvalue weighted by molar-refractivity contribution is 5.65. The topological polar surface area (TPSA) is 49.4 Å². The van der Waals surface area contributed by atoms with Gasteiger partial charge < -0.3 is 20.3 Å². The summed E-state index contributed by atoms with van der Waals surface area (Å²) < 4.78 is 5.60. The normalized spacial score (nSPS) is 11.0. The summed E-state index contributed by atoms with van der Waals surface area (Å²) in [6.45, 7) is 6.75. The van der Waals surface area contributed by atoms with Crippen LogP contribution in [-0.2, 0) is 4.74 Å². The zero-order valence-corrected chi connectivity index (χ0v) is 14.6. The van der Waals surface area contributed by atoms with Crippen LogP contribution in [0.25, 0.3) is 5.70 Å². The number of anilines is 2. The highest BCUT2D eigenvalue weighted by atomic mass is 16.5. The summed E-state index contributed by atoms with van der Waals surface area (Å²) in [7, 11) is 1.89. The highest BCUT2D eigenvalue weighted by Gasteiger charge is 2.04. The fourth-order valence-electron chi connectivity index (χ4n) is 2.43. The van der Waals surface area contributed by atoms with Gasteiger partial charge in [0.1, 0.15) is 6.26 Å². The van der Waals surface area contributed by atoms with E-state index in [0.717, 1.165) is 30.0 Å². The number of pyridine rings is 1. The van der Waals surface area contributed by atoms with Gasteiger partial charge in [-0.2, -0.15) is 0 Å². The van der Waals surface area contributed by atoms with Crippen molar-refractivity contribution in [2.45, 2.75) is 13.8 Å². The molecule has 1 aromatic heterocycles. The van der Waals surface area contributed by atoms with Gasteiger partial charge in [-0.25, -0.2) is 0 Å². The molecule has 0 saturated carbocycles. The smallest absolute Gasteiger partial charge is 0.158 e. The van der Waals surface area contributed by atoms with E-state index in [2.05, 4.69) is 58.6 Å². The van der Waals surface area contributed by atoms with Crippen molar-refractivity contribution in [2.75, 3.05) is 37.1 Å². The third-order valence-corrected chi connectivity index (χ3v) is 3.82. The molecule has 2 N–H and O–H groups in total. The molecule has 1 aromatic carbocycles. The Balaban J connectivity index is 1.94. The minimum absolute atomic E-state index is 0.396. The second-order valence-electron chi connectivity index (χ2n) is 5.22. The molecule has 2 rings (SSSR count). The number of benzene rings is 1. The Hall–Kier alpha value is -2.69. The molecule has 24 heavy (non-hydrogen) atoms. The van der Waals surface area contributed by atoms with E-state index in [1.165, 1.54) is 5.69 Å². The summed E-state index contributed by atoms with van der Waals surface area (Å²) in [4.78, 5) is 6.30. The molecule has 0 aliphatic heterocycles. The van der Waals surface area contributed by atoms with E-state index in [1.807, 2.05) is 19.2 Å². The molecule has 128 valence electrons. The number of hydrogen-bond acceptors (Lipinski definition) is 5. The van der Waals surface area contributed by atoms with Gasteiger partial charge in [0.2, 0.25) is 0 Å². The lowest BCUT2D eigenvalue weighted by atomic mass is 10.1. The Morgan fingerprint density at radius 2 is 1.75 bits per heavy atom. The van der Waals surface area contributed by atoms with Crippen LogP contribution in [0.2, 0.25) is 0 Å². The summed E-state index contributed by atoms with van der Waals surface area (Å²) >= 11 is 0. The molecule has 2 aromatic rings. The Labute approximate surface area is 144 Å². The third-order valence-electron chi connectivity index (χ3n) is 3.82. The van der Waals surface area contributed by atoms with Gasteiger partial charge in [0, 0.05) is 49.5 Å². The molecule has 5 heteroatoms. The number of ether oxygens (including phenoxy) is 1. The second-order valence-corrected chi connectivity index (χ2v) is 5.22. The fraction of sp³-hybridized carbons (Fsp3) is 0.316. The first-order valence-electron chi connectivity index (χ1n) is 8.27. The molecule has 5 nitrogen and oxygen atoms in total. The summed E-state index contributed by atoms with van der Waals surface area (Å²) in [5.74, 6) is 0. The number of nitrogens with zero attached hydrogens (tertiary/aromatic N) is 2. The SMILES string of the molecule is CCN(CC)c1ccc(/C(=C/OCNc2ccncc2)NC)cc1. The lowest BCUT2D eigenvalue weighted by Gasteiger charge is -2.21. The molecule has 0 radical (unpaired) electrons. The van der Waals surface area contributed by atoms with Crippen molar-refractivity contribution in [1.29, 1.82) is 0 Å². The monoisotopic (exact) mass is 326 g/mol. The molecule has 0 atom stereocenters. The quantitative estimate of drug-likeness (QED) is 0.419. The largest absolute Gasteiger partial charge is 0.479 e.